The normalized spacial score (nSPS) is 29.1. The van der Waals surface area contributed by atoms with Crippen LogP contribution in [0.25, 0.3) is 0 Å². The van der Waals surface area contributed by atoms with Gasteiger partial charge in [0.2, 0.25) is 0 Å². The van der Waals surface area contributed by atoms with Gasteiger partial charge in [-0.25, -0.2) is 0 Å². The first-order chi connectivity index (χ1) is 7.61. The number of fused-ring (bicyclic) bond motifs is 1. The highest BCUT2D eigenvalue weighted by Crippen LogP contribution is 2.25. The molecule has 0 aromatic heterocycles. The summed E-state index contributed by atoms with van der Waals surface area (Å²) in [5, 5.41) is 1.10. The summed E-state index contributed by atoms with van der Waals surface area (Å²) in [4.78, 5) is 5.40. The Morgan fingerprint density at radius 2 is 1.94 bits per heavy atom. The molecule has 0 radical (unpaired) electrons. The van der Waals surface area contributed by atoms with Crippen LogP contribution >= 0.6 is 15.9 Å². The second kappa shape index (κ2) is 5.36. The lowest BCUT2D eigenvalue weighted by molar-refractivity contribution is 0.175. The summed E-state index contributed by atoms with van der Waals surface area (Å²) in [6, 6.07) is 0.855. The third-order valence-corrected chi connectivity index (χ3v) is 5.42. The van der Waals surface area contributed by atoms with Crippen LogP contribution in [-0.2, 0) is 0 Å². The van der Waals surface area contributed by atoms with Crippen molar-refractivity contribution in [3.8, 4) is 0 Å². The number of hydrogen-bond acceptors (Lipinski definition) is 2. The van der Waals surface area contributed by atoms with Gasteiger partial charge in [-0.3, -0.25) is 4.90 Å². The van der Waals surface area contributed by atoms with Crippen LogP contribution < -0.4 is 0 Å². The Hall–Kier alpha value is 0.400. The summed E-state index contributed by atoms with van der Waals surface area (Å²) in [6.45, 7) is 11.2. The number of hydrogen-bond donors (Lipinski definition) is 0. The molecule has 0 amide bonds. The van der Waals surface area contributed by atoms with Crippen LogP contribution in [-0.4, -0.2) is 53.9 Å². The molecule has 0 aromatic rings. The van der Waals surface area contributed by atoms with Crippen molar-refractivity contribution in [2.24, 2.45) is 5.41 Å². The molecular formula is C13H25BrN2. The molecule has 0 aromatic carbocycles. The minimum Gasteiger partial charge on any atom is -0.301 e. The van der Waals surface area contributed by atoms with Crippen LogP contribution in [0.3, 0.4) is 0 Å². The van der Waals surface area contributed by atoms with Gasteiger partial charge in [-0.15, -0.1) is 0 Å². The zero-order valence-electron chi connectivity index (χ0n) is 10.7. The average molecular weight is 289 g/mol. The summed E-state index contributed by atoms with van der Waals surface area (Å²) in [5.41, 5.74) is 0.410. The molecule has 94 valence electrons. The highest BCUT2D eigenvalue weighted by molar-refractivity contribution is 9.09. The second-order valence-corrected chi connectivity index (χ2v) is 6.78. The van der Waals surface area contributed by atoms with Crippen molar-refractivity contribution in [2.75, 3.05) is 38.1 Å². The summed E-state index contributed by atoms with van der Waals surface area (Å²) in [5.74, 6) is 0. The number of rotatable bonds is 3. The molecule has 3 heteroatoms. The molecule has 2 aliphatic rings. The summed E-state index contributed by atoms with van der Waals surface area (Å²) in [6.07, 6.45) is 4.19. The predicted octanol–water partition coefficient (Wildman–Crippen LogP) is 2.58. The van der Waals surface area contributed by atoms with E-state index in [4.69, 9.17) is 0 Å². The van der Waals surface area contributed by atoms with Gasteiger partial charge in [-0.05, 0) is 44.3 Å². The molecule has 0 N–H and O–H groups in total. The lowest BCUT2D eigenvalue weighted by Gasteiger charge is -2.32. The van der Waals surface area contributed by atoms with E-state index < -0.39 is 0 Å². The molecule has 0 spiro atoms. The quantitative estimate of drug-likeness (QED) is 0.737. The first-order valence-corrected chi connectivity index (χ1v) is 7.75. The van der Waals surface area contributed by atoms with Crippen LogP contribution in [0.15, 0.2) is 0 Å². The van der Waals surface area contributed by atoms with Gasteiger partial charge >= 0.3 is 0 Å². The number of nitrogens with zero attached hydrogens (tertiary/aromatic N) is 2. The summed E-state index contributed by atoms with van der Waals surface area (Å²) >= 11 is 3.64. The Bertz CT molecular complexity index is 230. The molecule has 2 rings (SSSR count). The zero-order chi connectivity index (χ0) is 11.6. The van der Waals surface area contributed by atoms with Crippen molar-refractivity contribution in [3.05, 3.63) is 0 Å². The topological polar surface area (TPSA) is 6.48 Å². The molecule has 2 heterocycles. The third-order valence-electron chi connectivity index (χ3n) is 3.90. The SMILES string of the molecule is CC(C)(CBr)CN1CCCN2CCCC2C1. The maximum absolute atomic E-state index is 3.64. The third kappa shape index (κ3) is 3.21. The Balaban J connectivity index is 1.90. The molecule has 0 aliphatic carbocycles. The van der Waals surface area contributed by atoms with Crippen LogP contribution in [0.4, 0.5) is 0 Å². The molecule has 1 atom stereocenters. The van der Waals surface area contributed by atoms with Crippen molar-refractivity contribution in [1.29, 1.82) is 0 Å². The fourth-order valence-corrected chi connectivity index (χ4v) is 3.25. The molecule has 0 bridgehead atoms. The van der Waals surface area contributed by atoms with Crippen molar-refractivity contribution in [1.82, 2.24) is 9.80 Å². The van der Waals surface area contributed by atoms with Crippen molar-refractivity contribution in [3.63, 3.8) is 0 Å². The Kier molecular flexibility index (Phi) is 4.31. The Labute approximate surface area is 108 Å². The van der Waals surface area contributed by atoms with Gasteiger partial charge in [-0.2, -0.15) is 0 Å². The van der Waals surface area contributed by atoms with Gasteiger partial charge in [0, 0.05) is 24.5 Å². The molecule has 16 heavy (non-hydrogen) atoms. The van der Waals surface area contributed by atoms with E-state index in [1.165, 1.54) is 52.0 Å². The van der Waals surface area contributed by atoms with E-state index in [0.717, 1.165) is 11.4 Å². The van der Waals surface area contributed by atoms with Gasteiger partial charge in [0.05, 0.1) is 0 Å². The maximum Gasteiger partial charge on any atom is 0.0223 e. The lowest BCUT2D eigenvalue weighted by atomic mass is 9.95. The van der Waals surface area contributed by atoms with Crippen molar-refractivity contribution >= 4 is 15.9 Å². The Morgan fingerprint density at radius 3 is 2.69 bits per heavy atom. The highest BCUT2D eigenvalue weighted by Gasteiger charge is 2.30. The highest BCUT2D eigenvalue weighted by atomic mass is 79.9. The van der Waals surface area contributed by atoms with Crippen LogP contribution in [0, 0.1) is 5.41 Å². The fourth-order valence-electron chi connectivity index (χ4n) is 3.07. The Morgan fingerprint density at radius 1 is 1.19 bits per heavy atom. The first kappa shape index (κ1) is 12.8. The fraction of sp³-hybridized carbons (Fsp3) is 1.00. The van der Waals surface area contributed by atoms with Gasteiger partial charge in [0.15, 0.2) is 0 Å². The first-order valence-electron chi connectivity index (χ1n) is 6.63. The average Bonchev–Trinajstić information content (AvgIpc) is 2.58. The van der Waals surface area contributed by atoms with Crippen molar-refractivity contribution in [2.45, 2.75) is 39.2 Å². The molecule has 0 saturated carbocycles. The monoisotopic (exact) mass is 288 g/mol. The second-order valence-electron chi connectivity index (χ2n) is 6.22. The largest absolute Gasteiger partial charge is 0.301 e. The molecule has 2 aliphatic heterocycles. The molecule has 2 fully saturated rings. The molecular weight excluding hydrogens is 264 g/mol. The molecule has 2 nitrogen and oxygen atoms in total. The van der Waals surface area contributed by atoms with E-state index in [1.807, 2.05) is 0 Å². The molecule has 1 unspecified atom stereocenters. The lowest BCUT2D eigenvalue weighted by Crippen LogP contribution is -2.41. The van der Waals surface area contributed by atoms with Crippen LogP contribution in [0.2, 0.25) is 0 Å². The van der Waals surface area contributed by atoms with E-state index >= 15 is 0 Å². The van der Waals surface area contributed by atoms with Gasteiger partial charge in [0.1, 0.15) is 0 Å². The van der Waals surface area contributed by atoms with E-state index in [9.17, 15) is 0 Å². The van der Waals surface area contributed by atoms with Crippen LogP contribution in [0.1, 0.15) is 33.1 Å². The standard InChI is InChI=1S/C13H25BrN2/c1-13(2,10-14)11-15-6-4-8-16-7-3-5-12(16)9-15/h12H,3-11H2,1-2H3. The predicted molar refractivity (Wildman–Crippen MR) is 73.2 cm³/mol. The number of halogens is 1. The van der Waals surface area contributed by atoms with E-state index in [-0.39, 0.29) is 0 Å². The summed E-state index contributed by atoms with van der Waals surface area (Å²) < 4.78 is 0. The van der Waals surface area contributed by atoms with Gasteiger partial charge < -0.3 is 4.90 Å². The van der Waals surface area contributed by atoms with E-state index in [2.05, 4.69) is 39.6 Å². The van der Waals surface area contributed by atoms with E-state index in [0.29, 0.717) is 5.41 Å². The van der Waals surface area contributed by atoms with Crippen LogP contribution in [0.5, 0.6) is 0 Å². The van der Waals surface area contributed by atoms with Gasteiger partial charge in [0.25, 0.3) is 0 Å². The summed E-state index contributed by atoms with van der Waals surface area (Å²) in [7, 11) is 0. The minimum atomic E-state index is 0.410. The molecule has 2 saturated heterocycles. The van der Waals surface area contributed by atoms with Crippen molar-refractivity contribution < 1.29 is 0 Å². The minimum absolute atomic E-state index is 0.410. The van der Waals surface area contributed by atoms with Gasteiger partial charge in [-0.1, -0.05) is 29.8 Å². The number of alkyl halides is 1. The van der Waals surface area contributed by atoms with E-state index in [1.54, 1.807) is 0 Å². The zero-order valence-corrected chi connectivity index (χ0v) is 12.3. The maximum atomic E-state index is 3.64. The smallest absolute Gasteiger partial charge is 0.0223 e.